The summed E-state index contributed by atoms with van der Waals surface area (Å²) >= 11 is 2.31. The molecule has 0 aromatic heterocycles. The maximum absolute atomic E-state index is 13.9. The maximum atomic E-state index is 13.9. The second kappa shape index (κ2) is 10.5. The van der Waals surface area contributed by atoms with Gasteiger partial charge in [0.1, 0.15) is 6.04 Å². The van der Waals surface area contributed by atoms with Crippen molar-refractivity contribution in [2.45, 2.75) is 19.9 Å². The lowest BCUT2D eigenvalue weighted by molar-refractivity contribution is 0.0981. The van der Waals surface area contributed by atoms with Gasteiger partial charge < -0.3 is 0 Å². The molecule has 4 aromatic carbocycles. The molecule has 0 aliphatic carbocycles. The minimum absolute atomic E-state index is 0.0792. The SMILES string of the molecule is Cc1ccc(C#CC(c2ccccc2)N(C(=O)c2ccccc2)c2ccc(C)cc2I)cc1. The van der Waals surface area contributed by atoms with Gasteiger partial charge in [-0.1, -0.05) is 84.1 Å². The molecule has 1 unspecified atom stereocenters. The zero-order valence-corrected chi connectivity index (χ0v) is 20.8. The van der Waals surface area contributed by atoms with Crippen LogP contribution in [0.4, 0.5) is 5.69 Å². The molecule has 1 atom stereocenters. The van der Waals surface area contributed by atoms with E-state index in [2.05, 4.69) is 66.5 Å². The molecule has 162 valence electrons. The number of anilines is 1. The summed E-state index contributed by atoms with van der Waals surface area (Å²) in [5.41, 5.74) is 5.71. The summed E-state index contributed by atoms with van der Waals surface area (Å²) in [6.07, 6.45) is 0. The van der Waals surface area contributed by atoms with E-state index in [1.165, 1.54) is 5.56 Å². The first-order valence-electron chi connectivity index (χ1n) is 10.8. The van der Waals surface area contributed by atoms with E-state index in [-0.39, 0.29) is 5.91 Å². The molecule has 2 nitrogen and oxygen atoms in total. The number of hydrogen-bond acceptors (Lipinski definition) is 1. The van der Waals surface area contributed by atoms with Crippen molar-refractivity contribution in [2.75, 3.05) is 4.90 Å². The standard InChI is InChI=1S/C30H24INO/c1-22-13-16-24(17-14-22)18-20-28(25-9-5-3-6-10-25)32(29-19-15-23(2)21-27(29)31)30(33)26-11-7-4-8-12-26/h3-17,19,21,28H,1-2H3. The molecule has 0 aliphatic heterocycles. The van der Waals surface area contributed by atoms with Crippen LogP contribution in [0, 0.1) is 29.3 Å². The topological polar surface area (TPSA) is 20.3 Å². The van der Waals surface area contributed by atoms with Gasteiger partial charge in [0.05, 0.1) is 5.69 Å². The summed E-state index contributed by atoms with van der Waals surface area (Å²) in [4.78, 5) is 15.7. The Hall–Kier alpha value is -3.36. The Morgan fingerprint density at radius 2 is 1.39 bits per heavy atom. The van der Waals surface area contributed by atoms with Crippen molar-refractivity contribution in [3.8, 4) is 11.8 Å². The monoisotopic (exact) mass is 541 g/mol. The first kappa shape index (κ1) is 22.8. The van der Waals surface area contributed by atoms with E-state index in [9.17, 15) is 4.79 Å². The Bertz CT molecular complexity index is 1300. The van der Waals surface area contributed by atoms with Gasteiger partial charge in [-0.15, -0.1) is 0 Å². The van der Waals surface area contributed by atoms with Gasteiger partial charge in [0, 0.05) is 14.7 Å². The molecule has 0 fully saturated rings. The lowest BCUT2D eigenvalue weighted by Gasteiger charge is -2.30. The number of hydrogen-bond donors (Lipinski definition) is 0. The summed E-state index contributed by atoms with van der Waals surface area (Å²) in [7, 11) is 0. The Labute approximate surface area is 209 Å². The molecule has 0 aliphatic rings. The van der Waals surface area contributed by atoms with Gasteiger partial charge in [-0.2, -0.15) is 0 Å². The minimum Gasteiger partial charge on any atom is -0.289 e. The molecule has 4 aromatic rings. The van der Waals surface area contributed by atoms with Gasteiger partial charge in [-0.3, -0.25) is 9.69 Å². The van der Waals surface area contributed by atoms with Crippen LogP contribution in [0.25, 0.3) is 0 Å². The van der Waals surface area contributed by atoms with E-state index in [4.69, 9.17) is 0 Å². The van der Waals surface area contributed by atoms with Gasteiger partial charge in [0.15, 0.2) is 0 Å². The van der Waals surface area contributed by atoms with Crippen LogP contribution in [0.5, 0.6) is 0 Å². The third-order valence-corrected chi connectivity index (χ3v) is 6.24. The molecule has 0 spiro atoms. The number of carbonyl (C=O) groups excluding carboxylic acids is 1. The van der Waals surface area contributed by atoms with Crippen LogP contribution in [0.3, 0.4) is 0 Å². The van der Waals surface area contributed by atoms with Crippen LogP contribution >= 0.6 is 22.6 Å². The highest BCUT2D eigenvalue weighted by Gasteiger charge is 2.28. The first-order valence-corrected chi connectivity index (χ1v) is 11.9. The minimum atomic E-state index is -0.448. The van der Waals surface area contributed by atoms with Crippen LogP contribution in [0.1, 0.15) is 38.7 Å². The number of aryl methyl sites for hydroxylation is 2. The van der Waals surface area contributed by atoms with Crippen molar-refractivity contribution < 1.29 is 4.79 Å². The van der Waals surface area contributed by atoms with Crippen LogP contribution in [0.15, 0.2) is 103 Å². The second-order valence-corrected chi connectivity index (χ2v) is 9.11. The Balaban J connectivity index is 1.89. The van der Waals surface area contributed by atoms with Crippen molar-refractivity contribution >= 4 is 34.2 Å². The zero-order valence-electron chi connectivity index (χ0n) is 18.6. The van der Waals surface area contributed by atoms with Gasteiger partial charge >= 0.3 is 0 Å². The number of nitrogens with zero attached hydrogens (tertiary/aromatic N) is 1. The Morgan fingerprint density at radius 1 is 0.788 bits per heavy atom. The van der Waals surface area contributed by atoms with E-state index in [0.717, 1.165) is 25.9 Å². The van der Waals surface area contributed by atoms with Crippen molar-refractivity contribution in [2.24, 2.45) is 0 Å². The van der Waals surface area contributed by atoms with Crippen molar-refractivity contribution in [3.63, 3.8) is 0 Å². The molecule has 4 rings (SSSR count). The number of rotatable bonds is 4. The fraction of sp³-hybridized carbons (Fsp3) is 0.100. The second-order valence-electron chi connectivity index (χ2n) is 7.94. The maximum Gasteiger partial charge on any atom is 0.259 e. The van der Waals surface area contributed by atoms with Crippen LogP contribution in [-0.4, -0.2) is 5.91 Å². The predicted molar refractivity (Wildman–Crippen MR) is 144 cm³/mol. The molecule has 0 N–H and O–H groups in total. The molecule has 0 bridgehead atoms. The van der Waals surface area contributed by atoms with E-state index in [1.807, 2.05) is 89.8 Å². The highest BCUT2D eigenvalue weighted by molar-refractivity contribution is 14.1. The summed E-state index contributed by atoms with van der Waals surface area (Å²) < 4.78 is 1.01. The molecular formula is C30H24INO. The molecule has 0 heterocycles. The normalized spacial score (nSPS) is 11.2. The highest BCUT2D eigenvalue weighted by atomic mass is 127. The van der Waals surface area contributed by atoms with Crippen LogP contribution < -0.4 is 4.90 Å². The number of benzene rings is 4. The smallest absolute Gasteiger partial charge is 0.259 e. The summed E-state index contributed by atoms with van der Waals surface area (Å²) in [6, 6.07) is 33.3. The quantitative estimate of drug-likeness (QED) is 0.196. The lowest BCUT2D eigenvalue weighted by Crippen LogP contribution is -2.35. The summed E-state index contributed by atoms with van der Waals surface area (Å²) in [5.74, 6) is 6.65. The highest BCUT2D eigenvalue weighted by Crippen LogP contribution is 2.33. The molecule has 0 saturated carbocycles. The van der Waals surface area contributed by atoms with E-state index in [1.54, 1.807) is 0 Å². The lowest BCUT2D eigenvalue weighted by atomic mass is 10.0. The Morgan fingerprint density at radius 3 is 2.03 bits per heavy atom. The molecule has 33 heavy (non-hydrogen) atoms. The number of carbonyl (C=O) groups is 1. The van der Waals surface area contributed by atoms with Crippen molar-refractivity contribution in [1.29, 1.82) is 0 Å². The molecule has 1 amide bonds. The number of halogens is 1. The predicted octanol–water partition coefficient (Wildman–Crippen LogP) is 7.35. The van der Waals surface area contributed by atoms with Gasteiger partial charge in [0.2, 0.25) is 0 Å². The van der Waals surface area contributed by atoms with Crippen molar-refractivity contribution in [3.05, 3.63) is 135 Å². The molecule has 0 radical (unpaired) electrons. The molecule has 3 heteroatoms. The Kier molecular flexibility index (Phi) is 7.26. The van der Waals surface area contributed by atoms with Crippen molar-refractivity contribution in [1.82, 2.24) is 0 Å². The average Bonchev–Trinajstić information content (AvgIpc) is 2.84. The number of amides is 1. The van der Waals surface area contributed by atoms with Crippen LogP contribution in [-0.2, 0) is 0 Å². The third kappa shape index (κ3) is 5.53. The summed E-state index contributed by atoms with van der Waals surface area (Å²) in [5, 5.41) is 0. The molecule has 0 saturated heterocycles. The van der Waals surface area contributed by atoms with Gasteiger partial charge in [-0.05, 0) is 84.0 Å². The fourth-order valence-electron chi connectivity index (χ4n) is 3.61. The third-order valence-electron chi connectivity index (χ3n) is 5.38. The summed E-state index contributed by atoms with van der Waals surface area (Å²) in [6.45, 7) is 4.12. The van der Waals surface area contributed by atoms with E-state index in [0.29, 0.717) is 5.56 Å². The van der Waals surface area contributed by atoms with Gasteiger partial charge in [-0.25, -0.2) is 0 Å². The van der Waals surface area contributed by atoms with E-state index < -0.39 is 6.04 Å². The first-order chi connectivity index (χ1) is 16.0. The van der Waals surface area contributed by atoms with Gasteiger partial charge in [0.25, 0.3) is 5.91 Å². The average molecular weight is 541 g/mol. The van der Waals surface area contributed by atoms with E-state index >= 15 is 0 Å². The largest absolute Gasteiger partial charge is 0.289 e. The fourth-order valence-corrected chi connectivity index (χ4v) is 4.54. The molecular weight excluding hydrogens is 517 g/mol. The zero-order chi connectivity index (χ0) is 23.2. The van der Waals surface area contributed by atoms with Crippen LogP contribution in [0.2, 0.25) is 0 Å².